The Labute approximate surface area is 129 Å². The summed E-state index contributed by atoms with van der Waals surface area (Å²) in [5, 5.41) is 10.3. The number of ether oxygens (including phenoxy) is 2. The zero-order chi connectivity index (χ0) is 16.1. The van der Waals surface area contributed by atoms with Crippen LogP contribution in [0.3, 0.4) is 0 Å². The first kappa shape index (κ1) is 16.6. The minimum atomic E-state index is -0.807. The molecule has 0 saturated carbocycles. The fraction of sp³-hybridized carbons (Fsp3) is 0.500. The number of methoxy groups -OCH3 is 1. The topological polar surface area (TPSA) is 64.5 Å². The molecule has 0 bridgehead atoms. The Balaban J connectivity index is 2.38. The lowest BCUT2D eigenvalue weighted by atomic mass is 10.0. The van der Waals surface area contributed by atoms with Gasteiger partial charge in [-0.25, -0.2) is 9.37 Å². The Morgan fingerprint density at radius 1 is 1.32 bits per heavy atom. The summed E-state index contributed by atoms with van der Waals surface area (Å²) in [6, 6.07) is 3.39. The van der Waals surface area contributed by atoms with Crippen LogP contribution in [0.4, 0.5) is 4.39 Å². The molecule has 2 heterocycles. The smallest absolute Gasteiger partial charge is 0.213 e. The lowest BCUT2D eigenvalue weighted by molar-refractivity contribution is -0.0336. The number of aromatic nitrogens is 2. The molecule has 2 aromatic heterocycles. The highest BCUT2D eigenvalue weighted by atomic mass is 19.1. The van der Waals surface area contributed by atoms with E-state index in [4.69, 9.17) is 9.47 Å². The second-order valence-corrected chi connectivity index (χ2v) is 4.98. The molecule has 2 atom stereocenters. The normalized spacial score (nSPS) is 14.0. The predicted octanol–water partition coefficient (Wildman–Crippen LogP) is 2.50. The van der Waals surface area contributed by atoms with E-state index in [1.165, 1.54) is 7.11 Å². The van der Waals surface area contributed by atoms with Gasteiger partial charge in [0.05, 0.1) is 36.5 Å². The third kappa shape index (κ3) is 3.51. The van der Waals surface area contributed by atoms with E-state index in [1.54, 1.807) is 12.1 Å². The van der Waals surface area contributed by atoms with Gasteiger partial charge in [-0.3, -0.25) is 4.98 Å². The van der Waals surface area contributed by atoms with Gasteiger partial charge < -0.3 is 14.6 Å². The first-order chi connectivity index (χ1) is 10.6. The first-order valence-corrected chi connectivity index (χ1v) is 7.38. The maximum absolute atomic E-state index is 14.2. The second kappa shape index (κ2) is 7.47. The molecule has 6 heteroatoms. The summed E-state index contributed by atoms with van der Waals surface area (Å²) in [4.78, 5) is 8.28. The minimum absolute atomic E-state index is 0.115. The fourth-order valence-corrected chi connectivity index (χ4v) is 2.44. The largest absolute Gasteiger partial charge is 0.481 e. The van der Waals surface area contributed by atoms with E-state index in [2.05, 4.69) is 9.97 Å². The summed E-state index contributed by atoms with van der Waals surface area (Å²) in [6.07, 6.45) is 0.774. The number of aliphatic hydroxyl groups excluding tert-OH is 1. The SMILES string of the molecule is CCOC(CC)C(O)Cc1c(F)cnc2ccc(OC)nc12. The highest BCUT2D eigenvalue weighted by Gasteiger charge is 2.22. The van der Waals surface area contributed by atoms with Crippen molar-refractivity contribution in [2.75, 3.05) is 13.7 Å². The second-order valence-electron chi connectivity index (χ2n) is 4.98. The molecule has 2 aromatic rings. The third-order valence-corrected chi connectivity index (χ3v) is 3.57. The first-order valence-electron chi connectivity index (χ1n) is 7.38. The van der Waals surface area contributed by atoms with Gasteiger partial charge in [0.15, 0.2) is 0 Å². The maximum atomic E-state index is 14.2. The summed E-state index contributed by atoms with van der Waals surface area (Å²) < 4.78 is 24.7. The molecule has 0 aliphatic rings. The van der Waals surface area contributed by atoms with Crippen LogP contribution in [0.15, 0.2) is 18.3 Å². The van der Waals surface area contributed by atoms with Gasteiger partial charge in [0, 0.05) is 24.7 Å². The Morgan fingerprint density at radius 3 is 2.73 bits per heavy atom. The molecule has 1 N–H and O–H groups in total. The van der Waals surface area contributed by atoms with Crippen molar-refractivity contribution in [2.24, 2.45) is 0 Å². The van der Waals surface area contributed by atoms with Crippen LogP contribution < -0.4 is 4.74 Å². The summed E-state index contributed by atoms with van der Waals surface area (Å²) in [5.74, 6) is -0.105. The van der Waals surface area contributed by atoms with Gasteiger partial charge in [-0.05, 0) is 19.4 Å². The van der Waals surface area contributed by atoms with Crippen LogP contribution in [0.5, 0.6) is 5.88 Å². The van der Waals surface area contributed by atoms with Crippen LogP contribution in [0.25, 0.3) is 11.0 Å². The Morgan fingerprint density at radius 2 is 2.09 bits per heavy atom. The van der Waals surface area contributed by atoms with Crippen LogP contribution >= 0.6 is 0 Å². The Bertz CT molecular complexity index is 636. The number of aliphatic hydroxyl groups is 1. The molecule has 0 radical (unpaired) electrons. The molecule has 0 saturated heterocycles. The quantitative estimate of drug-likeness (QED) is 0.851. The number of hydrogen-bond donors (Lipinski definition) is 1. The molecule has 0 aromatic carbocycles. The van der Waals surface area contributed by atoms with E-state index in [9.17, 15) is 9.50 Å². The van der Waals surface area contributed by atoms with E-state index >= 15 is 0 Å². The Hall–Kier alpha value is -1.79. The third-order valence-electron chi connectivity index (χ3n) is 3.57. The van der Waals surface area contributed by atoms with Crippen LogP contribution in [0.1, 0.15) is 25.8 Å². The average Bonchev–Trinajstić information content (AvgIpc) is 2.54. The van der Waals surface area contributed by atoms with Gasteiger partial charge in [0.1, 0.15) is 5.82 Å². The van der Waals surface area contributed by atoms with Crippen molar-refractivity contribution in [3.8, 4) is 5.88 Å². The molecule has 2 unspecified atom stereocenters. The van der Waals surface area contributed by atoms with Gasteiger partial charge in [-0.1, -0.05) is 6.92 Å². The van der Waals surface area contributed by atoms with Crippen molar-refractivity contribution in [2.45, 2.75) is 38.9 Å². The average molecular weight is 308 g/mol. The number of hydrogen-bond acceptors (Lipinski definition) is 5. The molecular weight excluding hydrogens is 287 g/mol. The van der Waals surface area contributed by atoms with Crippen LogP contribution in [-0.4, -0.2) is 41.0 Å². The zero-order valence-electron chi connectivity index (χ0n) is 13.0. The Kier molecular flexibility index (Phi) is 5.63. The highest BCUT2D eigenvalue weighted by molar-refractivity contribution is 5.78. The molecule has 5 nitrogen and oxygen atoms in total. The number of halogens is 1. The molecule has 0 fully saturated rings. The molecule has 0 aliphatic carbocycles. The number of pyridine rings is 2. The molecule has 2 rings (SSSR count). The van der Waals surface area contributed by atoms with E-state index in [1.807, 2.05) is 13.8 Å². The van der Waals surface area contributed by atoms with Crippen LogP contribution in [0.2, 0.25) is 0 Å². The maximum Gasteiger partial charge on any atom is 0.213 e. The zero-order valence-corrected chi connectivity index (χ0v) is 13.0. The highest BCUT2D eigenvalue weighted by Crippen LogP contribution is 2.23. The number of rotatable bonds is 7. The van der Waals surface area contributed by atoms with Crippen molar-refractivity contribution in [1.29, 1.82) is 0 Å². The van der Waals surface area contributed by atoms with Gasteiger partial charge in [0.25, 0.3) is 0 Å². The van der Waals surface area contributed by atoms with Crippen LogP contribution in [0, 0.1) is 5.82 Å². The van der Waals surface area contributed by atoms with Crippen molar-refractivity contribution >= 4 is 11.0 Å². The minimum Gasteiger partial charge on any atom is -0.481 e. The lowest BCUT2D eigenvalue weighted by Gasteiger charge is -2.22. The summed E-state index contributed by atoms with van der Waals surface area (Å²) in [5.41, 5.74) is 1.30. The lowest BCUT2D eigenvalue weighted by Crippen LogP contribution is -2.30. The summed E-state index contributed by atoms with van der Waals surface area (Å²) in [6.45, 7) is 4.29. The molecule has 22 heavy (non-hydrogen) atoms. The molecule has 0 amide bonds. The molecule has 0 spiro atoms. The van der Waals surface area contributed by atoms with Gasteiger partial charge >= 0.3 is 0 Å². The van der Waals surface area contributed by atoms with E-state index < -0.39 is 11.9 Å². The number of fused-ring (bicyclic) bond motifs is 1. The van der Waals surface area contributed by atoms with Crippen molar-refractivity contribution in [1.82, 2.24) is 9.97 Å². The van der Waals surface area contributed by atoms with E-state index in [-0.39, 0.29) is 12.5 Å². The van der Waals surface area contributed by atoms with Gasteiger partial charge in [-0.15, -0.1) is 0 Å². The van der Waals surface area contributed by atoms with E-state index in [0.29, 0.717) is 35.5 Å². The van der Waals surface area contributed by atoms with E-state index in [0.717, 1.165) is 6.20 Å². The van der Waals surface area contributed by atoms with Crippen LogP contribution in [-0.2, 0) is 11.2 Å². The summed E-state index contributed by atoms with van der Waals surface area (Å²) >= 11 is 0. The van der Waals surface area contributed by atoms with Gasteiger partial charge in [0.2, 0.25) is 5.88 Å². The molecule has 120 valence electrons. The van der Waals surface area contributed by atoms with Crippen molar-refractivity contribution in [3.63, 3.8) is 0 Å². The standard InChI is InChI=1S/C16H21FN2O3/c1-4-14(22-5-2)13(20)8-10-11(17)9-18-12-6-7-15(21-3)19-16(10)12/h6-7,9,13-14,20H,4-5,8H2,1-3H3. The van der Waals surface area contributed by atoms with Gasteiger partial charge in [-0.2, -0.15) is 0 Å². The molecule has 0 aliphatic heterocycles. The summed E-state index contributed by atoms with van der Waals surface area (Å²) in [7, 11) is 1.50. The monoisotopic (exact) mass is 308 g/mol. The molecular formula is C16H21FN2O3. The number of nitrogens with zero attached hydrogens (tertiary/aromatic N) is 2. The fourth-order valence-electron chi connectivity index (χ4n) is 2.44. The predicted molar refractivity (Wildman–Crippen MR) is 81.5 cm³/mol. The van der Waals surface area contributed by atoms with Crippen molar-refractivity contribution in [3.05, 3.63) is 29.7 Å². The van der Waals surface area contributed by atoms with Crippen molar-refractivity contribution < 1.29 is 19.0 Å².